The van der Waals surface area contributed by atoms with Gasteiger partial charge >= 0.3 is 5.97 Å². The van der Waals surface area contributed by atoms with Crippen molar-refractivity contribution in [3.05, 3.63) is 47.2 Å². The predicted octanol–water partition coefficient (Wildman–Crippen LogP) is 1.66. The van der Waals surface area contributed by atoms with Gasteiger partial charge in [0.2, 0.25) is 11.8 Å². The molecule has 0 aliphatic carbocycles. The lowest BCUT2D eigenvalue weighted by atomic mass is 9.84. The largest absolute Gasteiger partial charge is 0.466 e. The fourth-order valence-corrected chi connectivity index (χ4v) is 2.90. The summed E-state index contributed by atoms with van der Waals surface area (Å²) in [6.45, 7) is 6.13. The molecular weight excluding hydrogens is 320 g/mol. The molecule has 6 nitrogen and oxygen atoms in total. The van der Waals surface area contributed by atoms with E-state index in [4.69, 9.17) is 4.74 Å². The number of nitrogens with one attached hydrogen (secondary N) is 2. The van der Waals surface area contributed by atoms with Gasteiger partial charge in [0.05, 0.1) is 18.6 Å². The van der Waals surface area contributed by atoms with E-state index in [2.05, 4.69) is 10.6 Å². The minimum atomic E-state index is -0.813. The molecule has 0 radical (unpaired) electrons. The van der Waals surface area contributed by atoms with E-state index in [1.54, 1.807) is 6.92 Å². The number of benzene rings is 1. The Morgan fingerprint density at radius 2 is 1.88 bits per heavy atom. The summed E-state index contributed by atoms with van der Waals surface area (Å²) in [4.78, 5) is 36.2. The van der Waals surface area contributed by atoms with Gasteiger partial charge in [0.25, 0.3) is 0 Å². The first-order chi connectivity index (χ1) is 11.8. The van der Waals surface area contributed by atoms with Crippen LogP contribution in [0.25, 0.3) is 0 Å². The molecule has 2 amide bonds. The number of carbonyl (C=O) groups excluding carboxylic acids is 3. The normalized spacial score (nSPS) is 17.3. The van der Waals surface area contributed by atoms with Gasteiger partial charge in [-0.25, -0.2) is 4.79 Å². The molecule has 0 aromatic heterocycles. The first-order valence-corrected chi connectivity index (χ1v) is 8.18. The third-order valence-electron chi connectivity index (χ3n) is 4.46. The van der Waals surface area contributed by atoms with Crippen molar-refractivity contribution in [1.82, 2.24) is 10.6 Å². The first kappa shape index (κ1) is 18.7. The number of allylic oxidation sites excluding steroid dienone is 1. The van der Waals surface area contributed by atoms with Gasteiger partial charge < -0.3 is 15.4 Å². The topological polar surface area (TPSA) is 84.5 Å². The fraction of sp³-hybridized carbons (Fsp3) is 0.421. The van der Waals surface area contributed by atoms with Crippen molar-refractivity contribution < 1.29 is 19.1 Å². The Morgan fingerprint density at radius 1 is 1.24 bits per heavy atom. The molecule has 0 saturated heterocycles. The van der Waals surface area contributed by atoms with E-state index in [1.807, 2.05) is 44.2 Å². The number of methoxy groups -OCH3 is 1. The number of carbonyl (C=O) groups is 3. The molecule has 6 heteroatoms. The summed E-state index contributed by atoms with van der Waals surface area (Å²) in [6.07, 6.45) is -0.0848. The summed E-state index contributed by atoms with van der Waals surface area (Å²) in [5, 5.41) is 5.46. The van der Waals surface area contributed by atoms with E-state index in [9.17, 15) is 14.4 Å². The lowest BCUT2D eigenvalue weighted by Gasteiger charge is -2.26. The maximum atomic E-state index is 12.3. The molecule has 134 valence electrons. The molecule has 25 heavy (non-hydrogen) atoms. The zero-order valence-corrected chi connectivity index (χ0v) is 15.0. The number of amides is 2. The van der Waals surface area contributed by atoms with Crippen molar-refractivity contribution in [3.8, 4) is 0 Å². The smallest absolute Gasteiger partial charge is 0.336 e. The summed E-state index contributed by atoms with van der Waals surface area (Å²) in [5.74, 6) is -2.03. The third-order valence-corrected chi connectivity index (χ3v) is 4.46. The molecule has 1 aromatic carbocycles. The highest BCUT2D eigenvalue weighted by molar-refractivity contribution is 6.03. The van der Waals surface area contributed by atoms with Crippen LogP contribution in [0, 0.1) is 5.92 Å². The summed E-state index contributed by atoms with van der Waals surface area (Å²) < 4.78 is 4.72. The second-order valence-corrected chi connectivity index (χ2v) is 6.80. The molecule has 1 atom stereocenters. The molecule has 1 aliphatic rings. The molecule has 0 bridgehead atoms. The van der Waals surface area contributed by atoms with Crippen molar-refractivity contribution >= 4 is 17.8 Å². The number of esters is 1. The van der Waals surface area contributed by atoms with E-state index >= 15 is 0 Å². The predicted molar refractivity (Wildman–Crippen MR) is 93.4 cm³/mol. The monoisotopic (exact) mass is 344 g/mol. The minimum Gasteiger partial charge on any atom is -0.466 e. The molecular formula is C19H24N2O4. The van der Waals surface area contributed by atoms with E-state index in [1.165, 1.54) is 7.11 Å². The SMILES string of the molecule is COC(=O)C1=C(C)NC(=O)C1CC(=O)NCC(C)(C)c1ccccc1. The lowest BCUT2D eigenvalue weighted by molar-refractivity contribution is -0.138. The zero-order chi connectivity index (χ0) is 18.6. The van der Waals surface area contributed by atoms with E-state index < -0.39 is 11.9 Å². The zero-order valence-electron chi connectivity index (χ0n) is 15.0. The summed E-state index contributed by atoms with van der Waals surface area (Å²) in [6, 6.07) is 9.88. The second kappa shape index (κ2) is 7.51. The number of ether oxygens (including phenoxy) is 1. The van der Waals surface area contributed by atoms with Gasteiger partial charge in [-0.2, -0.15) is 0 Å². The molecule has 1 unspecified atom stereocenters. The Hall–Kier alpha value is -2.63. The maximum absolute atomic E-state index is 12.3. The van der Waals surface area contributed by atoms with Gasteiger partial charge in [-0.05, 0) is 12.5 Å². The van der Waals surface area contributed by atoms with Crippen LogP contribution >= 0.6 is 0 Å². The van der Waals surface area contributed by atoms with Crippen LogP contribution in [-0.2, 0) is 24.5 Å². The van der Waals surface area contributed by atoms with Gasteiger partial charge in [-0.15, -0.1) is 0 Å². The Kier molecular flexibility index (Phi) is 5.62. The highest BCUT2D eigenvalue weighted by Crippen LogP contribution is 2.26. The van der Waals surface area contributed by atoms with Gasteiger partial charge in [0.1, 0.15) is 0 Å². The van der Waals surface area contributed by atoms with E-state index in [0.717, 1.165) is 5.56 Å². The van der Waals surface area contributed by atoms with Crippen LogP contribution in [0.5, 0.6) is 0 Å². The quantitative estimate of drug-likeness (QED) is 0.769. The van der Waals surface area contributed by atoms with Gasteiger partial charge in [-0.3, -0.25) is 9.59 Å². The molecule has 0 saturated carbocycles. The Bertz CT molecular complexity index is 707. The van der Waals surface area contributed by atoms with Crippen molar-refractivity contribution in [2.45, 2.75) is 32.6 Å². The summed E-state index contributed by atoms with van der Waals surface area (Å²) in [7, 11) is 1.25. The first-order valence-electron chi connectivity index (χ1n) is 8.18. The highest BCUT2D eigenvalue weighted by Gasteiger charge is 2.37. The molecule has 0 fully saturated rings. The standard InChI is InChI=1S/C19H24N2O4/c1-12-16(18(24)25-4)14(17(23)21-12)10-15(22)20-11-19(2,3)13-8-6-5-7-9-13/h5-9,14H,10-11H2,1-4H3,(H,20,22)(H,21,23). The number of hydrogen-bond donors (Lipinski definition) is 2. The fourth-order valence-electron chi connectivity index (χ4n) is 2.90. The molecule has 0 spiro atoms. The lowest BCUT2D eigenvalue weighted by Crippen LogP contribution is -2.38. The van der Waals surface area contributed by atoms with Gasteiger partial charge in [-0.1, -0.05) is 44.2 Å². The van der Waals surface area contributed by atoms with Crippen molar-refractivity contribution in [2.75, 3.05) is 13.7 Å². The van der Waals surface area contributed by atoms with Gasteiger partial charge in [0, 0.05) is 24.1 Å². The van der Waals surface area contributed by atoms with E-state index in [0.29, 0.717) is 12.2 Å². The average molecular weight is 344 g/mol. The van der Waals surface area contributed by atoms with Crippen LogP contribution in [0.2, 0.25) is 0 Å². The maximum Gasteiger partial charge on any atom is 0.336 e. The summed E-state index contributed by atoms with van der Waals surface area (Å²) in [5.41, 5.74) is 1.54. The van der Waals surface area contributed by atoms with Crippen LogP contribution < -0.4 is 10.6 Å². The minimum absolute atomic E-state index is 0.0848. The molecule has 1 aliphatic heterocycles. The summed E-state index contributed by atoms with van der Waals surface area (Å²) >= 11 is 0. The molecule has 1 aromatic rings. The molecule has 1 heterocycles. The number of rotatable bonds is 6. The Balaban J connectivity index is 2.00. The van der Waals surface area contributed by atoms with E-state index in [-0.39, 0.29) is 29.2 Å². The Labute approximate surface area is 147 Å². The van der Waals surface area contributed by atoms with Gasteiger partial charge in [0.15, 0.2) is 0 Å². The van der Waals surface area contributed by atoms with Crippen LogP contribution in [0.1, 0.15) is 32.8 Å². The van der Waals surface area contributed by atoms with Crippen molar-refractivity contribution in [2.24, 2.45) is 5.92 Å². The molecule has 2 rings (SSSR count). The highest BCUT2D eigenvalue weighted by atomic mass is 16.5. The third kappa shape index (κ3) is 4.26. The Morgan fingerprint density at radius 3 is 2.48 bits per heavy atom. The molecule has 2 N–H and O–H groups in total. The van der Waals surface area contributed by atoms with Crippen LogP contribution in [0.3, 0.4) is 0 Å². The van der Waals surface area contributed by atoms with Crippen LogP contribution in [0.15, 0.2) is 41.6 Å². The number of hydrogen-bond acceptors (Lipinski definition) is 4. The average Bonchev–Trinajstić information content (AvgIpc) is 2.87. The van der Waals surface area contributed by atoms with Crippen LogP contribution in [-0.4, -0.2) is 31.4 Å². The second-order valence-electron chi connectivity index (χ2n) is 6.80. The van der Waals surface area contributed by atoms with Crippen LogP contribution in [0.4, 0.5) is 0 Å². The van der Waals surface area contributed by atoms with Crippen molar-refractivity contribution in [3.63, 3.8) is 0 Å². The van der Waals surface area contributed by atoms with Crippen molar-refractivity contribution in [1.29, 1.82) is 0 Å².